The van der Waals surface area contributed by atoms with Crippen LogP contribution in [0.2, 0.25) is 5.02 Å². The number of carbonyl (C=O) groups excluding carboxylic acids is 3. The number of carbonyl (C=O) groups is 3. The highest BCUT2D eigenvalue weighted by Gasteiger charge is 2.18. The molecule has 5 nitrogen and oxygen atoms in total. The van der Waals surface area contributed by atoms with E-state index in [4.69, 9.17) is 16.9 Å². The van der Waals surface area contributed by atoms with Crippen LogP contribution in [-0.4, -0.2) is 17.5 Å². The first-order valence-electron chi connectivity index (χ1n) is 9.41. The fourth-order valence-corrected chi connectivity index (χ4v) is 2.99. The van der Waals surface area contributed by atoms with E-state index in [9.17, 15) is 14.4 Å². The Kier molecular flexibility index (Phi) is 7.69. The number of hydrogen-bond acceptors (Lipinski definition) is 4. The molecule has 0 heterocycles. The molecule has 29 heavy (non-hydrogen) atoms. The Bertz CT molecular complexity index is 976. The Morgan fingerprint density at radius 3 is 2.38 bits per heavy atom. The minimum atomic E-state index is -0.387. The van der Waals surface area contributed by atoms with E-state index in [2.05, 4.69) is 5.32 Å². The second-order valence-corrected chi connectivity index (χ2v) is 7.67. The largest absolute Gasteiger partial charge is 0.326 e. The fraction of sp³-hybridized carbons (Fsp3) is 0.304. The summed E-state index contributed by atoms with van der Waals surface area (Å²) in [5.41, 5.74) is 1.76. The van der Waals surface area contributed by atoms with Crippen LogP contribution < -0.4 is 5.32 Å². The molecule has 1 amide bonds. The number of Topliss-reactive ketones (excluding diaryl/α,β-unsaturated/α-hetero) is 2. The highest BCUT2D eigenvalue weighted by atomic mass is 35.5. The Morgan fingerprint density at radius 1 is 1.03 bits per heavy atom. The lowest BCUT2D eigenvalue weighted by molar-refractivity contribution is -0.116. The average molecular weight is 411 g/mol. The topological polar surface area (TPSA) is 87.0 Å². The molecule has 150 valence electrons. The predicted octanol–water partition coefficient (Wildman–Crippen LogP) is 5.29. The van der Waals surface area contributed by atoms with Crippen LogP contribution in [0.15, 0.2) is 42.5 Å². The first kappa shape index (κ1) is 22.3. The molecule has 6 heteroatoms. The Balaban J connectivity index is 1.95. The predicted molar refractivity (Wildman–Crippen MR) is 113 cm³/mol. The quantitative estimate of drug-likeness (QED) is 0.599. The third kappa shape index (κ3) is 6.00. The zero-order chi connectivity index (χ0) is 21.6. The zero-order valence-electron chi connectivity index (χ0n) is 16.7. The maximum atomic E-state index is 12.6. The fourth-order valence-electron chi connectivity index (χ4n) is 2.83. The highest BCUT2D eigenvalue weighted by molar-refractivity contribution is 6.31. The maximum Gasteiger partial charge on any atom is 0.224 e. The lowest BCUT2D eigenvalue weighted by atomic mass is 9.94. The number of hydrogen-bond donors (Lipinski definition) is 1. The summed E-state index contributed by atoms with van der Waals surface area (Å²) in [5, 5.41) is 12.1. The monoisotopic (exact) mass is 410 g/mol. The van der Waals surface area contributed by atoms with Crippen LogP contribution in [-0.2, 0) is 4.79 Å². The van der Waals surface area contributed by atoms with E-state index < -0.39 is 0 Å². The molecule has 1 N–H and O–H groups in total. The summed E-state index contributed by atoms with van der Waals surface area (Å²) in [6, 6.07) is 13.4. The second-order valence-electron chi connectivity index (χ2n) is 7.26. The highest BCUT2D eigenvalue weighted by Crippen LogP contribution is 2.21. The number of amides is 1. The van der Waals surface area contributed by atoms with Crippen LogP contribution in [0.5, 0.6) is 0 Å². The van der Waals surface area contributed by atoms with E-state index in [0.717, 1.165) is 0 Å². The van der Waals surface area contributed by atoms with Crippen molar-refractivity contribution in [1.82, 2.24) is 0 Å². The molecule has 2 rings (SSSR count). The molecular formula is C23H23ClN2O3. The molecule has 2 aromatic carbocycles. The molecule has 0 radical (unpaired) electrons. The number of nitrogens with one attached hydrogen (secondary N) is 1. The molecule has 0 fully saturated rings. The van der Waals surface area contributed by atoms with E-state index in [1.165, 1.54) is 12.1 Å². The van der Waals surface area contributed by atoms with Crippen molar-refractivity contribution >= 4 is 34.8 Å². The smallest absolute Gasteiger partial charge is 0.224 e. The molecule has 0 saturated heterocycles. The van der Waals surface area contributed by atoms with Gasteiger partial charge in [0, 0.05) is 35.1 Å². The van der Waals surface area contributed by atoms with Gasteiger partial charge >= 0.3 is 0 Å². The third-order valence-electron chi connectivity index (χ3n) is 4.58. The molecule has 1 unspecified atom stereocenters. The first-order chi connectivity index (χ1) is 13.7. The number of halogens is 1. The van der Waals surface area contributed by atoms with E-state index in [1.54, 1.807) is 37.3 Å². The minimum Gasteiger partial charge on any atom is -0.326 e. The number of ketones is 2. The summed E-state index contributed by atoms with van der Waals surface area (Å²) in [6.45, 7) is 5.40. The van der Waals surface area contributed by atoms with E-state index >= 15 is 0 Å². The van der Waals surface area contributed by atoms with Gasteiger partial charge in [0.15, 0.2) is 11.6 Å². The van der Waals surface area contributed by atoms with Crippen molar-refractivity contribution in [2.45, 2.75) is 33.6 Å². The Labute approximate surface area is 175 Å². The van der Waals surface area contributed by atoms with Gasteiger partial charge in [-0.2, -0.15) is 5.26 Å². The van der Waals surface area contributed by atoms with Crippen molar-refractivity contribution in [3.63, 3.8) is 0 Å². The lowest BCUT2D eigenvalue weighted by Crippen LogP contribution is -2.17. The van der Waals surface area contributed by atoms with Gasteiger partial charge in [0.25, 0.3) is 0 Å². The van der Waals surface area contributed by atoms with Gasteiger partial charge in [0.05, 0.1) is 10.6 Å². The van der Waals surface area contributed by atoms with Gasteiger partial charge in [-0.1, -0.05) is 44.5 Å². The van der Waals surface area contributed by atoms with Crippen LogP contribution in [0.4, 0.5) is 5.69 Å². The molecule has 0 aliphatic carbocycles. The zero-order valence-corrected chi connectivity index (χ0v) is 17.4. The van der Waals surface area contributed by atoms with Crippen molar-refractivity contribution in [2.75, 3.05) is 5.32 Å². The van der Waals surface area contributed by atoms with Crippen LogP contribution in [0.3, 0.4) is 0 Å². The third-order valence-corrected chi connectivity index (χ3v) is 4.91. The number of benzene rings is 2. The van der Waals surface area contributed by atoms with Gasteiger partial charge in [0.1, 0.15) is 6.07 Å². The second kappa shape index (κ2) is 9.99. The van der Waals surface area contributed by atoms with Gasteiger partial charge in [-0.25, -0.2) is 0 Å². The standard InChI is InChI=1S/C23H23ClN2O3/c1-14(2)22(28)16-5-4-6-19(12-16)26-21(27)10-7-15(3)23(29)17-8-9-20(24)18(11-17)13-25/h4-6,8-9,11-12,14-15H,7,10H2,1-3H3,(H,26,27). The lowest BCUT2D eigenvalue weighted by Gasteiger charge is -2.12. The molecule has 0 aliphatic heterocycles. The number of anilines is 1. The molecule has 1 atom stereocenters. The Hall–Kier alpha value is -2.97. The molecule has 0 spiro atoms. The molecule has 0 saturated carbocycles. The van der Waals surface area contributed by atoms with Gasteiger partial charge < -0.3 is 5.32 Å². The average Bonchev–Trinajstić information content (AvgIpc) is 2.71. The van der Waals surface area contributed by atoms with Gasteiger partial charge in [-0.15, -0.1) is 0 Å². The molecule has 0 aliphatic rings. The normalized spacial score (nSPS) is 11.6. The number of rotatable bonds is 8. The number of nitriles is 1. The summed E-state index contributed by atoms with van der Waals surface area (Å²) in [5.74, 6) is -0.868. The van der Waals surface area contributed by atoms with Gasteiger partial charge in [-0.05, 0) is 36.8 Å². The SMILES string of the molecule is CC(C)C(=O)c1cccc(NC(=O)CCC(C)C(=O)c2ccc(Cl)c(C#N)c2)c1. The van der Waals surface area contributed by atoms with Crippen LogP contribution in [0.25, 0.3) is 0 Å². The maximum absolute atomic E-state index is 12.6. The van der Waals surface area contributed by atoms with Crippen molar-refractivity contribution in [3.05, 3.63) is 64.2 Å². The van der Waals surface area contributed by atoms with E-state index in [-0.39, 0.29) is 41.3 Å². The molecule has 0 aromatic heterocycles. The summed E-state index contributed by atoms with van der Waals surface area (Å²) in [7, 11) is 0. The van der Waals surface area contributed by atoms with Crippen molar-refractivity contribution in [2.24, 2.45) is 11.8 Å². The van der Waals surface area contributed by atoms with Crippen molar-refractivity contribution in [3.8, 4) is 6.07 Å². The van der Waals surface area contributed by atoms with Gasteiger partial charge in [-0.3, -0.25) is 14.4 Å². The van der Waals surface area contributed by atoms with E-state index in [1.807, 2.05) is 19.9 Å². The summed E-state index contributed by atoms with van der Waals surface area (Å²) >= 11 is 5.90. The van der Waals surface area contributed by atoms with Crippen LogP contribution in [0.1, 0.15) is 59.9 Å². The van der Waals surface area contributed by atoms with Crippen LogP contribution in [0, 0.1) is 23.2 Å². The first-order valence-corrected chi connectivity index (χ1v) is 9.78. The molecule has 0 bridgehead atoms. The Morgan fingerprint density at radius 2 is 1.72 bits per heavy atom. The van der Waals surface area contributed by atoms with Crippen molar-refractivity contribution in [1.29, 1.82) is 5.26 Å². The summed E-state index contributed by atoms with van der Waals surface area (Å²) in [6.07, 6.45) is 0.522. The van der Waals surface area contributed by atoms with Gasteiger partial charge in [0.2, 0.25) is 5.91 Å². The summed E-state index contributed by atoms with van der Waals surface area (Å²) in [4.78, 5) is 36.9. The molecular weight excluding hydrogens is 388 g/mol. The minimum absolute atomic E-state index is 0.0139. The number of nitrogens with zero attached hydrogens (tertiary/aromatic N) is 1. The van der Waals surface area contributed by atoms with E-state index in [0.29, 0.717) is 28.3 Å². The van der Waals surface area contributed by atoms with Crippen LogP contribution >= 0.6 is 11.6 Å². The van der Waals surface area contributed by atoms with Crippen molar-refractivity contribution < 1.29 is 14.4 Å². The molecule has 2 aromatic rings. The summed E-state index contributed by atoms with van der Waals surface area (Å²) < 4.78 is 0.